The van der Waals surface area contributed by atoms with Gasteiger partial charge in [-0.1, -0.05) is 13.0 Å². The summed E-state index contributed by atoms with van der Waals surface area (Å²) in [5.74, 6) is 0.649. The van der Waals surface area contributed by atoms with Crippen LogP contribution >= 0.6 is 22.9 Å². The van der Waals surface area contributed by atoms with Crippen molar-refractivity contribution < 1.29 is 9.21 Å². The number of hydrogen-bond acceptors (Lipinski definition) is 6. The fourth-order valence-electron chi connectivity index (χ4n) is 2.79. The van der Waals surface area contributed by atoms with Crippen LogP contribution in [-0.4, -0.2) is 15.3 Å². The van der Waals surface area contributed by atoms with Gasteiger partial charge < -0.3 is 4.42 Å². The Morgan fingerprint density at radius 1 is 1.23 bits per heavy atom. The first-order valence-electron chi connectivity index (χ1n) is 8.29. The molecule has 4 aromatic rings. The number of carbonyl (C=O) groups excluding carboxylic acids is 1. The molecule has 5 nitrogen and oxygen atoms in total. The smallest absolute Gasteiger partial charge is 0.293 e. The molecule has 0 radical (unpaired) electrons. The number of benzene rings is 1. The van der Waals surface area contributed by atoms with E-state index in [2.05, 4.69) is 27.7 Å². The Labute approximate surface area is 158 Å². The van der Waals surface area contributed by atoms with Crippen molar-refractivity contribution in [3.8, 4) is 10.7 Å². The zero-order valence-corrected chi connectivity index (χ0v) is 16.3. The molecule has 0 unspecified atom stereocenters. The summed E-state index contributed by atoms with van der Waals surface area (Å²) in [6, 6.07) is 10.0. The van der Waals surface area contributed by atoms with Crippen molar-refractivity contribution in [2.24, 2.45) is 0 Å². The van der Waals surface area contributed by atoms with Crippen molar-refractivity contribution in [1.82, 2.24) is 9.36 Å². The average Bonchev–Trinajstić information content (AvgIpc) is 3.34. The number of hydrogen-bond donors (Lipinski definition) is 1. The van der Waals surface area contributed by atoms with Crippen LogP contribution in [0.5, 0.6) is 0 Å². The summed E-state index contributed by atoms with van der Waals surface area (Å²) in [6.07, 6.45) is 0.942. The van der Waals surface area contributed by atoms with Crippen LogP contribution in [0, 0.1) is 13.8 Å². The van der Waals surface area contributed by atoms with Gasteiger partial charge in [0.25, 0.3) is 5.91 Å². The molecule has 132 valence electrons. The van der Waals surface area contributed by atoms with Gasteiger partial charge in [0.1, 0.15) is 5.58 Å². The molecule has 1 N–H and O–H groups in total. The van der Waals surface area contributed by atoms with Gasteiger partial charge in [-0.25, -0.2) is 0 Å². The quantitative estimate of drug-likeness (QED) is 0.509. The van der Waals surface area contributed by atoms with E-state index in [1.807, 2.05) is 38.1 Å². The standard InChI is InChI=1S/C19H17N3O2S2/c1-4-12-6-7-14-13(9-12)11(3)16(24-14)18(23)21-19-20-17(22-26-19)15-8-5-10(2)25-15/h5-9H,4H2,1-3H3,(H,20,21,22,23). The van der Waals surface area contributed by atoms with Crippen molar-refractivity contribution in [2.75, 3.05) is 5.32 Å². The van der Waals surface area contributed by atoms with Crippen LogP contribution in [0.25, 0.3) is 21.7 Å². The van der Waals surface area contributed by atoms with E-state index in [0.717, 1.165) is 27.8 Å². The molecule has 0 bridgehead atoms. The number of nitrogens with one attached hydrogen (secondary N) is 1. The highest BCUT2D eigenvalue weighted by Crippen LogP contribution is 2.29. The molecule has 0 saturated carbocycles. The van der Waals surface area contributed by atoms with E-state index in [0.29, 0.717) is 16.7 Å². The molecular formula is C19H17N3O2S2. The van der Waals surface area contributed by atoms with Crippen molar-refractivity contribution in [1.29, 1.82) is 0 Å². The monoisotopic (exact) mass is 383 g/mol. The molecule has 1 aromatic carbocycles. The third kappa shape index (κ3) is 3.04. The third-order valence-electron chi connectivity index (χ3n) is 4.22. The van der Waals surface area contributed by atoms with Crippen LogP contribution in [0.1, 0.15) is 33.5 Å². The van der Waals surface area contributed by atoms with Gasteiger partial charge in [0.05, 0.1) is 4.88 Å². The van der Waals surface area contributed by atoms with Crippen LogP contribution in [-0.2, 0) is 6.42 Å². The minimum absolute atomic E-state index is 0.304. The van der Waals surface area contributed by atoms with Crippen molar-refractivity contribution in [2.45, 2.75) is 27.2 Å². The summed E-state index contributed by atoms with van der Waals surface area (Å²) in [5.41, 5.74) is 2.77. The highest BCUT2D eigenvalue weighted by atomic mass is 32.1. The highest BCUT2D eigenvalue weighted by molar-refractivity contribution is 7.15. The van der Waals surface area contributed by atoms with Gasteiger partial charge in [0, 0.05) is 27.4 Å². The molecule has 3 aromatic heterocycles. The molecule has 0 saturated heterocycles. The number of thiophene rings is 1. The van der Waals surface area contributed by atoms with Gasteiger partial charge in [-0.3, -0.25) is 10.1 Å². The fourth-order valence-corrected chi connectivity index (χ4v) is 4.22. The zero-order valence-electron chi connectivity index (χ0n) is 14.6. The van der Waals surface area contributed by atoms with E-state index in [1.54, 1.807) is 11.3 Å². The van der Waals surface area contributed by atoms with Gasteiger partial charge in [-0.05, 0) is 50.1 Å². The zero-order chi connectivity index (χ0) is 18.3. The van der Waals surface area contributed by atoms with E-state index in [-0.39, 0.29) is 5.91 Å². The Kier molecular flexibility index (Phi) is 4.34. The molecule has 0 aliphatic heterocycles. The normalized spacial score (nSPS) is 11.2. The lowest BCUT2D eigenvalue weighted by atomic mass is 10.1. The van der Waals surface area contributed by atoms with Crippen molar-refractivity contribution in [3.05, 3.63) is 52.1 Å². The number of aromatic nitrogens is 2. The Bertz CT molecular complexity index is 1110. The second-order valence-corrected chi connectivity index (χ2v) is 8.07. The number of furan rings is 1. The summed E-state index contributed by atoms with van der Waals surface area (Å²) in [4.78, 5) is 19.3. The fraction of sp³-hybridized carbons (Fsp3) is 0.211. The summed E-state index contributed by atoms with van der Waals surface area (Å²) >= 11 is 2.80. The van der Waals surface area contributed by atoms with E-state index in [1.165, 1.54) is 22.0 Å². The van der Waals surface area contributed by atoms with Gasteiger partial charge in [0.15, 0.2) is 11.6 Å². The van der Waals surface area contributed by atoms with Crippen LogP contribution in [0.2, 0.25) is 0 Å². The Morgan fingerprint density at radius 3 is 2.81 bits per heavy atom. The summed E-state index contributed by atoms with van der Waals surface area (Å²) < 4.78 is 10.1. The topological polar surface area (TPSA) is 68.0 Å². The number of nitrogens with zero attached hydrogens (tertiary/aromatic N) is 2. The molecule has 0 spiro atoms. The Balaban J connectivity index is 1.59. The molecule has 0 aliphatic rings. The predicted molar refractivity (Wildman–Crippen MR) is 106 cm³/mol. The second kappa shape index (κ2) is 6.66. The van der Waals surface area contributed by atoms with Crippen LogP contribution in [0.4, 0.5) is 5.13 Å². The summed E-state index contributed by atoms with van der Waals surface area (Å²) in [7, 11) is 0. The molecule has 26 heavy (non-hydrogen) atoms. The van der Waals surface area contributed by atoms with Crippen molar-refractivity contribution >= 4 is 44.9 Å². The van der Waals surface area contributed by atoms with Crippen molar-refractivity contribution in [3.63, 3.8) is 0 Å². The first kappa shape index (κ1) is 16.9. The predicted octanol–water partition coefficient (Wildman–Crippen LogP) is 5.44. The largest absolute Gasteiger partial charge is 0.451 e. The summed E-state index contributed by atoms with van der Waals surface area (Å²) in [6.45, 7) is 6.05. The van der Waals surface area contributed by atoms with E-state index >= 15 is 0 Å². The maximum Gasteiger partial charge on any atom is 0.293 e. The maximum atomic E-state index is 12.6. The SMILES string of the molecule is CCc1ccc2oc(C(=O)Nc3nc(-c4ccc(C)s4)ns3)c(C)c2c1. The first-order valence-corrected chi connectivity index (χ1v) is 9.88. The third-order valence-corrected chi connectivity index (χ3v) is 5.85. The van der Waals surface area contributed by atoms with Gasteiger partial charge in [0.2, 0.25) is 5.13 Å². The van der Waals surface area contributed by atoms with Gasteiger partial charge in [-0.15, -0.1) is 11.3 Å². The molecule has 0 atom stereocenters. The Hall–Kier alpha value is -2.51. The van der Waals surface area contributed by atoms with Gasteiger partial charge in [-0.2, -0.15) is 9.36 Å². The minimum Gasteiger partial charge on any atom is -0.451 e. The lowest BCUT2D eigenvalue weighted by molar-refractivity contribution is 0.0998. The molecule has 4 rings (SSSR count). The van der Waals surface area contributed by atoms with E-state index < -0.39 is 0 Å². The van der Waals surface area contributed by atoms with E-state index in [4.69, 9.17) is 4.42 Å². The first-order chi connectivity index (χ1) is 12.5. The highest BCUT2D eigenvalue weighted by Gasteiger charge is 2.19. The Morgan fingerprint density at radius 2 is 2.08 bits per heavy atom. The molecule has 7 heteroatoms. The molecule has 0 aliphatic carbocycles. The number of fused-ring (bicyclic) bond motifs is 1. The van der Waals surface area contributed by atoms with Crippen LogP contribution in [0.3, 0.4) is 0 Å². The number of carbonyl (C=O) groups is 1. The van der Waals surface area contributed by atoms with Crippen LogP contribution < -0.4 is 5.32 Å². The summed E-state index contributed by atoms with van der Waals surface area (Å²) in [5, 5.41) is 4.24. The second-order valence-electron chi connectivity index (χ2n) is 6.03. The maximum absolute atomic E-state index is 12.6. The van der Waals surface area contributed by atoms with Crippen LogP contribution in [0.15, 0.2) is 34.7 Å². The van der Waals surface area contributed by atoms with E-state index in [9.17, 15) is 4.79 Å². The van der Waals surface area contributed by atoms with Gasteiger partial charge >= 0.3 is 0 Å². The average molecular weight is 383 g/mol. The molecular weight excluding hydrogens is 366 g/mol. The lowest BCUT2D eigenvalue weighted by Crippen LogP contribution is -2.11. The number of anilines is 1. The minimum atomic E-state index is -0.304. The number of rotatable bonds is 4. The lowest BCUT2D eigenvalue weighted by Gasteiger charge is -1.98. The number of aryl methyl sites for hydroxylation is 3. The molecule has 1 amide bonds. The number of amides is 1. The molecule has 0 fully saturated rings. The molecule has 3 heterocycles.